The number of sulfonamides is 1. The van der Waals surface area contributed by atoms with Gasteiger partial charge in [0, 0.05) is 18.8 Å². The van der Waals surface area contributed by atoms with Gasteiger partial charge >= 0.3 is 21.7 Å². The van der Waals surface area contributed by atoms with Gasteiger partial charge in [0.2, 0.25) is 0 Å². The number of hydrogen-bond donors (Lipinski definition) is 1. The van der Waals surface area contributed by atoms with Gasteiger partial charge in [-0.25, -0.2) is 4.79 Å². The molecule has 2 aromatic carbocycles. The number of rotatable bonds is 5. The highest BCUT2D eigenvalue weighted by Gasteiger charge is 2.46. The van der Waals surface area contributed by atoms with E-state index in [1.165, 1.54) is 27.8 Å². The number of nitrogens with one attached hydrogen (secondary N) is 1. The Kier molecular flexibility index (Phi) is 5.61. The van der Waals surface area contributed by atoms with Crippen LogP contribution in [0, 0.1) is 0 Å². The zero-order valence-corrected chi connectivity index (χ0v) is 16.2. The SMILES string of the molecule is COC(=O)Oc1cccc2c1C(=O)N(Cc1ccc(NS(=O)(=O)C(F)(F)F)cc1)C2. The molecule has 8 nitrogen and oxygen atoms in total. The summed E-state index contributed by atoms with van der Waals surface area (Å²) in [6.45, 7) is 0.340. The molecule has 0 saturated heterocycles. The summed E-state index contributed by atoms with van der Waals surface area (Å²) in [6.07, 6.45) is -0.966. The minimum atomic E-state index is -5.51. The van der Waals surface area contributed by atoms with Gasteiger partial charge in [0.25, 0.3) is 5.91 Å². The van der Waals surface area contributed by atoms with Gasteiger partial charge in [0.15, 0.2) is 0 Å². The Morgan fingerprint density at radius 3 is 2.43 bits per heavy atom. The number of benzene rings is 2. The summed E-state index contributed by atoms with van der Waals surface area (Å²) in [5, 5.41) is 0. The molecule has 0 radical (unpaired) electrons. The lowest BCUT2D eigenvalue weighted by Gasteiger charge is -2.16. The number of ether oxygens (including phenoxy) is 2. The number of carbonyl (C=O) groups is 2. The fraction of sp³-hybridized carbons (Fsp3) is 0.222. The van der Waals surface area contributed by atoms with E-state index in [4.69, 9.17) is 4.74 Å². The third-order valence-corrected chi connectivity index (χ3v) is 5.33. The molecule has 0 unspecified atom stereocenters. The highest BCUT2D eigenvalue weighted by molar-refractivity contribution is 7.93. The Hall–Kier alpha value is -3.28. The Morgan fingerprint density at radius 2 is 1.83 bits per heavy atom. The van der Waals surface area contributed by atoms with Gasteiger partial charge in [-0.05, 0) is 29.3 Å². The van der Waals surface area contributed by atoms with E-state index in [1.54, 1.807) is 12.1 Å². The molecule has 30 heavy (non-hydrogen) atoms. The van der Waals surface area contributed by atoms with Crippen molar-refractivity contribution < 1.29 is 40.7 Å². The summed E-state index contributed by atoms with van der Waals surface area (Å²) >= 11 is 0. The van der Waals surface area contributed by atoms with Crippen molar-refractivity contribution in [2.75, 3.05) is 11.8 Å². The van der Waals surface area contributed by atoms with Crippen LogP contribution in [0.25, 0.3) is 0 Å². The highest BCUT2D eigenvalue weighted by atomic mass is 32.2. The molecule has 0 atom stereocenters. The van der Waals surface area contributed by atoms with Crippen LogP contribution in [0.4, 0.5) is 23.7 Å². The molecule has 0 aromatic heterocycles. The van der Waals surface area contributed by atoms with Crippen LogP contribution >= 0.6 is 0 Å². The van der Waals surface area contributed by atoms with Crippen molar-refractivity contribution in [1.82, 2.24) is 4.90 Å². The molecule has 0 aliphatic carbocycles. The molecule has 0 fully saturated rings. The number of fused-ring (bicyclic) bond motifs is 1. The summed E-state index contributed by atoms with van der Waals surface area (Å²) < 4.78 is 70.5. The topological polar surface area (TPSA) is 102 Å². The normalized spacial score (nSPS) is 13.7. The van der Waals surface area contributed by atoms with E-state index in [1.807, 2.05) is 0 Å². The van der Waals surface area contributed by atoms with E-state index in [-0.39, 0.29) is 30.1 Å². The number of carbonyl (C=O) groups excluding carboxylic acids is 2. The van der Waals surface area contributed by atoms with E-state index in [9.17, 15) is 31.2 Å². The van der Waals surface area contributed by atoms with Crippen molar-refractivity contribution in [2.24, 2.45) is 0 Å². The third kappa shape index (κ3) is 4.32. The van der Waals surface area contributed by atoms with E-state index in [0.717, 1.165) is 19.2 Å². The third-order valence-electron chi connectivity index (χ3n) is 4.22. The molecular weight excluding hydrogens is 429 g/mol. The van der Waals surface area contributed by atoms with Gasteiger partial charge in [0.1, 0.15) is 5.75 Å². The van der Waals surface area contributed by atoms with Gasteiger partial charge in [0.05, 0.1) is 12.7 Å². The predicted molar refractivity (Wildman–Crippen MR) is 98.1 cm³/mol. The summed E-state index contributed by atoms with van der Waals surface area (Å²) in [5.74, 6) is -0.338. The number of halogens is 3. The molecule has 1 aliphatic rings. The number of nitrogens with zero attached hydrogens (tertiary/aromatic N) is 1. The number of methoxy groups -OCH3 is 1. The van der Waals surface area contributed by atoms with Crippen LogP contribution in [0.5, 0.6) is 5.75 Å². The standard InChI is InChI=1S/C18H15F3N2O6S/c1-28-17(25)29-14-4-2-3-12-10-23(16(24)15(12)14)9-11-5-7-13(8-6-11)22-30(26,27)18(19,20)21/h2-8,22H,9-10H2,1H3. The summed E-state index contributed by atoms with van der Waals surface area (Å²) in [5.41, 5.74) is -4.28. The number of hydrogen-bond acceptors (Lipinski definition) is 6. The zero-order chi connectivity index (χ0) is 22.1. The van der Waals surface area contributed by atoms with Crippen LogP contribution in [-0.4, -0.2) is 38.0 Å². The van der Waals surface area contributed by atoms with Crippen molar-refractivity contribution in [1.29, 1.82) is 0 Å². The van der Waals surface area contributed by atoms with Crippen LogP contribution in [-0.2, 0) is 27.8 Å². The van der Waals surface area contributed by atoms with Crippen molar-refractivity contribution in [3.05, 3.63) is 59.2 Å². The Labute approximate surface area is 169 Å². The molecule has 1 amide bonds. The van der Waals surface area contributed by atoms with Crippen LogP contribution in [0.15, 0.2) is 42.5 Å². The zero-order valence-electron chi connectivity index (χ0n) is 15.4. The second-order valence-corrected chi connectivity index (χ2v) is 7.93. The van der Waals surface area contributed by atoms with Crippen molar-refractivity contribution >= 4 is 27.8 Å². The summed E-state index contributed by atoms with van der Waals surface area (Å²) in [4.78, 5) is 25.5. The fourth-order valence-corrected chi connectivity index (χ4v) is 3.40. The van der Waals surface area contributed by atoms with Crippen molar-refractivity contribution in [3.63, 3.8) is 0 Å². The molecule has 1 N–H and O–H groups in total. The van der Waals surface area contributed by atoms with Crippen LogP contribution < -0.4 is 9.46 Å². The summed E-state index contributed by atoms with van der Waals surface area (Å²) in [7, 11) is -4.38. The van der Waals surface area contributed by atoms with E-state index < -0.39 is 27.6 Å². The quantitative estimate of drug-likeness (QED) is 0.561. The van der Waals surface area contributed by atoms with Gasteiger partial charge in [-0.15, -0.1) is 0 Å². The second kappa shape index (κ2) is 7.86. The maximum absolute atomic E-state index is 12.7. The molecule has 0 bridgehead atoms. The average molecular weight is 444 g/mol. The molecule has 1 heterocycles. The maximum Gasteiger partial charge on any atom is 0.516 e. The smallest absolute Gasteiger partial charge is 0.437 e. The minimum absolute atomic E-state index is 0.0590. The van der Waals surface area contributed by atoms with Crippen molar-refractivity contribution in [2.45, 2.75) is 18.6 Å². The molecular formula is C18H15F3N2O6S. The van der Waals surface area contributed by atoms with Gasteiger partial charge < -0.3 is 14.4 Å². The molecule has 0 saturated carbocycles. The first-order chi connectivity index (χ1) is 14.0. The van der Waals surface area contributed by atoms with E-state index >= 15 is 0 Å². The Balaban J connectivity index is 1.73. The lowest BCUT2D eigenvalue weighted by Crippen LogP contribution is -2.29. The van der Waals surface area contributed by atoms with Gasteiger partial charge in [-0.2, -0.15) is 21.6 Å². The second-order valence-electron chi connectivity index (χ2n) is 6.26. The first-order valence-electron chi connectivity index (χ1n) is 8.37. The monoisotopic (exact) mass is 444 g/mol. The highest BCUT2D eigenvalue weighted by Crippen LogP contribution is 2.32. The molecule has 160 valence electrons. The lowest BCUT2D eigenvalue weighted by molar-refractivity contribution is -0.0429. The van der Waals surface area contributed by atoms with E-state index in [0.29, 0.717) is 11.1 Å². The van der Waals surface area contributed by atoms with E-state index in [2.05, 4.69) is 4.74 Å². The van der Waals surface area contributed by atoms with Crippen LogP contribution in [0.1, 0.15) is 21.5 Å². The number of anilines is 1. The fourth-order valence-electron chi connectivity index (χ4n) is 2.84. The number of amides is 1. The maximum atomic E-state index is 12.7. The van der Waals surface area contributed by atoms with Gasteiger partial charge in [-0.1, -0.05) is 24.3 Å². The first kappa shape index (κ1) is 21.4. The first-order valence-corrected chi connectivity index (χ1v) is 9.85. The number of alkyl halides is 3. The average Bonchev–Trinajstić information content (AvgIpc) is 2.98. The predicted octanol–water partition coefficient (Wildman–Crippen LogP) is 3.25. The largest absolute Gasteiger partial charge is 0.516 e. The van der Waals surface area contributed by atoms with Crippen LogP contribution in [0.3, 0.4) is 0 Å². The molecule has 1 aliphatic heterocycles. The van der Waals surface area contributed by atoms with Gasteiger partial charge in [-0.3, -0.25) is 9.52 Å². The minimum Gasteiger partial charge on any atom is -0.437 e. The molecule has 12 heteroatoms. The molecule has 2 aromatic rings. The molecule has 0 spiro atoms. The summed E-state index contributed by atoms with van der Waals surface area (Å²) in [6, 6.07) is 9.91. The Bertz CT molecular complexity index is 1080. The molecule has 3 rings (SSSR count). The van der Waals surface area contributed by atoms with Crippen molar-refractivity contribution in [3.8, 4) is 5.75 Å². The Morgan fingerprint density at radius 1 is 1.17 bits per heavy atom. The van der Waals surface area contributed by atoms with Crippen LogP contribution in [0.2, 0.25) is 0 Å². The lowest BCUT2D eigenvalue weighted by atomic mass is 10.1.